The molecule has 122 valence electrons. The van der Waals surface area contributed by atoms with Gasteiger partial charge in [0.2, 0.25) is 0 Å². The molecule has 21 heavy (non-hydrogen) atoms. The molecular formula is C17H34N4. The molecule has 2 N–H and O–H groups in total. The topological polar surface area (TPSA) is 39.7 Å². The number of hydrogen-bond acceptors (Lipinski definition) is 2. The molecular weight excluding hydrogens is 260 g/mol. The van der Waals surface area contributed by atoms with Gasteiger partial charge in [0.25, 0.3) is 0 Å². The molecule has 4 heteroatoms. The van der Waals surface area contributed by atoms with Gasteiger partial charge in [-0.05, 0) is 53.2 Å². The first-order valence-electron chi connectivity index (χ1n) is 8.57. The molecule has 0 aromatic carbocycles. The SMILES string of the molecule is CCNC(=NCCCCCCCN(C)C)NC1CC=CC1. The maximum absolute atomic E-state index is 4.68. The van der Waals surface area contributed by atoms with Crippen molar-refractivity contribution in [2.75, 3.05) is 33.7 Å². The van der Waals surface area contributed by atoms with Crippen molar-refractivity contribution < 1.29 is 0 Å². The van der Waals surface area contributed by atoms with Crippen molar-refractivity contribution in [3.05, 3.63) is 12.2 Å². The minimum absolute atomic E-state index is 0.536. The zero-order valence-corrected chi connectivity index (χ0v) is 14.2. The second-order valence-corrected chi connectivity index (χ2v) is 6.12. The van der Waals surface area contributed by atoms with Gasteiger partial charge in [-0.15, -0.1) is 0 Å². The molecule has 0 saturated heterocycles. The lowest BCUT2D eigenvalue weighted by molar-refractivity contribution is 0.390. The van der Waals surface area contributed by atoms with Gasteiger partial charge in [-0.3, -0.25) is 4.99 Å². The Hall–Kier alpha value is -1.03. The summed E-state index contributed by atoms with van der Waals surface area (Å²) in [5, 5.41) is 6.85. The Bertz CT molecular complexity index is 302. The number of nitrogens with zero attached hydrogens (tertiary/aromatic N) is 2. The number of rotatable bonds is 10. The number of hydrogen-bond donors (Lipinski definition) is 2. The number of nitrogens with one attached hydrogen (secondary N) is 2. The highest BCUT2D eigenvalue weighted by Gasteiger charge is 2.11. The van der Waals surface area contributed by atoms with Gasteiger partial charge < -0.3 is 15.5 Å². The second kappa shape index (κ2) is 11.6. The lowest BCUT2D eigenvalue weighted by Crippen LogP contribution is -2.42. The maximum Gasteiger partial charge on any atom is 0.191 e. The molecule has 0 saturated carbocycles. The van der Waals surface area contributed by atoms with Crippen molar-refractivity contribution in [1.82, 2.24) is 15.5 Å². The van der Waals surface area contributed by atoms with Gasteiger partial charge in [0.1, 0.15) is 0 Å². The van der Waals surface area contributed by atoms with E-state index in [1.807, 2.05) is 0 Å². The van der Waals surface area contributed by atoms with E-state index in [4.69, 9.17) is 0 Å². The number of guanidine groups is 1. The van der Waals surface area contributed by atoms with Crippen LogP contribution >= 0.6 is 0 Å². The van der Waals surface area contributed by atoms with Crippen molar-refractivity contribution in [1.29, 1.82) is 0 Å². The molecule has 0 radical (unpaired) electrons. The minimum Gasteiger partial charge on any atom is -0.357 e. The summed E-state index contributed by atoms with van der Waals surface area (Å²) in [6.07, 6.45) is 13.2. The Morgan fingerprint density at radius 3 is 2.43 bits per heavy atom. The highest BCUT2D eigenvalue weighted by molar-refractivity contribution is 5.80. The first kappa shape index (κ1) is 18.0. The van der Waals surface area contributed by atoms with Gasteiger partial charge in [-0.25, -0.2) is 0 Å². The van der Waals surface area contributed by atoms with Crippen LogP contribution in [0.3, 0.4) is 0 Å². The summed E-state index contributed by atoms with van der Waals surface area (Å²) < 4.78 is 0. The van der Waals surface area contributed by atoms with E-state index in [9.17, 15) is 0 Å². The zero-order chi connectivity index (χ0) is 15.3. The van der Waals surface area contributed by atoms with E-state index in [0.29, 0.717) is 6.04 Å². The van der Waals surface area contributed by atoms with Gasteiger partial charge in [-0.2, -0.15) is 0 Å². The van der Waals surface area contributed by atoms with E-state index in [1.165, 1.54) is 38.6 Å². The molecule has 4 nitrogen and oxygen atoms in total. The van der Waals surface area contributed by atoms with Crippen LogP contribution in [-0.2, 0) is 0 Å². The Morgan fingerprint density at radius 1 is 1.10 bits per heavy atom. The average molecular weight is 294 g/mol. The normalized spacial score (nSPS) is 15.9. The first-order chi connectivity index (χ1) is 10.2. The number of aliphatic imine (C=N–C) groups is 1. The monoisotopic (exact) mass is 294 g/mol. The molecule has 0 aromatic heterocycles. The summed E-state index contributed by atoms with van der Waals surface area (Å²) in [7, 11) is 4.29. The predicted octanol–water partition coefficient (Wildman–Crippen LogP) is 2.77. The standard InChI is InChI=1S/C17H34N4/c1-4-18-17(20-16-12-8-9-13-16)19-14-10-6-5-7-11-15-21(2)3/h8-9,16H,4-7,10-15H2,1-3H3,(H2,18,19,20). The van der Waals surface area contributed by atoms with Gasteiger partial charge >= 0.3 is 0 Å². The van der Waals surface area contributed by atoms with E-state index >= 15 is 0 Å². The third kappa shape index (κ3) is 9.51. The largest absolute Gasteiger partial charge is 0.357 e. The van der Waals surface area contributed by atoms with E-state index in [1.54, 1.807) is 0 Å². The van der Waals surface area contributed by atoms with Gasteiger partial charge in [-0.1, -0.05) is 31.4 Å². The van der Waals surface area contributed by atoms with E-state index in [2.05, 4.69) is 53.7 Å². The van der Waals surface area contributed by atoms with Gasteiger partial charge in [0.15, 0.2) is 5.96 Å². The fourth-order valence-corrected chi connectivity index (χ4v) is 2.51. The molecule has 1 rings (SSSR count). The van der Waals surface area contributed by atoms with Crippen LogP contribution in [0.5, 0.6) is 0 Å². The average Bonchev–Trinajstić information content (AvgIpc) is 2.94. The van der Waals surface area contributed by atoms with Crippen LogP contribution < -0.4 is 10.6 Å². The Balaban J connectivity index is 2.07. The summed E-state index contributed by atoms with van der Waals surface area (Å²) in [5.74, 6) is 0.985. The predicted molar refractivity (Wildman–Crippen MR) is 92.9 cm³/mol. The lowest BCUT2D eigenvalue weighted by atomic mass is 10.1. The van der Waals surface area contributed by atoms with Crippen LogP contribution in [0.1, 0.15) is 51.9 Å². The van der Waals surface area contributed by atoms with Crippen molar-refractivity contribution in [3.63, 3.8) is 0 Å². The number of unbranched alkanes of at least 4 members (excludes halogenated alkanes) is 4. The minimum atomic E-state index is 0.536. The summed E-state index contributed by atoms with van der Waals surface area (Å²) in [5.41, 5.74) is 0. The van der Waals surface area contributed by atoms with E-state index < -0.39 is 0 Å². The fraction of sp³-hybridized carbons (Fsp3) is 0.824. The van der Waals surface area contributed by atoms with Crippen LogP contribution in [0.15, 0.2) is 17.1 Å². The van der Waals surface area contributed by atoms with Crippen LogP contribution in [0.2, 0.25) is 0 Å². The van der Waals surface area contributed by atoms with Crippen molar-refractivity contribution in [2.24, 2.45) is 4.99 Å². The van der Waals surface area contributed by atoms with Crippen LogP contribution in [0.25, 0.3) is 0 Å². The molecule has 0 spiro atoms. The molecule has 0 fully saturated rings. The molecule has 0 unspecified atom stereocenters. The quantitative estimate of drug-likeness (QED) is 0.282. The summed E-state index contributed by atoms with van der Waals surface area (Å²) >= 11 is 0. The Kier molecular flexibility index (Phi) is 9.96. The van der Waals surface area contributed by atoms with E-state index in [-0.39, 0.29) is 0 Å². The first-order valence-corrected chi connectivity index (χ1v) is 8.57. The van der Waals surface area contributed by atoms with Crippen molar-refractivity contribution in [2.45, 2.75) is 57.9 Å². The van der Waals surface area contributed by atoms with Gasteiger partial charge in [0.05, 0.1) is 0 Å². The Morgan fingerprint density at radius 2 is 1.76 bits per heavy atom. The molecule has 0 bridgehead atoms. The molecule has 1 aliphatic carbocycles. The summed E-state index contributed by atoms with van der Waals surface area (Å²) in [4.78, 5) is 6.94. The van der Waals surface area contributed by atoms with E-state index in [0.717, 1.165) is 31.9 Å². The third-order valence-electron chi connectivity index (χ3n) is 3.73. The maximum atomic E-state index is 4.68. The van der Waals surface area contributed by atoms with Crippen LogP contribution in [-0.4, -0.2) is 50.6 Å². The fourth-order valence-electron chi connectivity index (χ4n) is 2.51. The highest BCUT2D eigenvalue weighted by atomic mass is 15.2. The van der Waals surface area contributed by atoms with Crippen LogP contribution in [0.4, 0.5) is 0 Å². The highest BCUT2D eigenvalue weighted by Crippen LogP contribution is 2.09. The summed E-state index contributed by atoms with van der Waals surface area (Å²) in [6.45, 7) is 5.19. The lowest BCUT2D eigenvalue weighted by Gasteiger charge is -2.16. The van der Waals surface area contributed by atoms with Crippen LogP contribution in [0, 0.1) is 0 Å². The second-order valence-electron chi connectivity index (χ2n) is 6.12. The molecule has 0 atom stereocenters. The molecule has 0 aliphatic heterocycles. The summed E-state index contributed by atoms with van der Waals surface area (Å²) in [6, 6.07) is 0.536. The van der Waals surface area contributed by atoms with Crippen molar-refractivity contribution >= 4 is 5.96 Å². The molecule has 1 aliphatic rings. The van der Waals surface area contributed by atoms with Crippen molar-refractivity contribution in [3.8, 4) is 0 Å². The zero-order valence-electron chi connectivity index (χ0n) is 14.2. The third-order valence-corrected chi connectivity index (χ3v) is 3.73. The van der Waals surface area contributed by atoms with Gasteiger partial charge in [0, 0.05) is 19.1 Å². The molecule has 0 heterocycles. The molecule has 0 amide bonds. The Labute approximate surface area is 131 Å². The molecule has 0 aromatic rings. The smallest absolute Gasteiger partial charge is 0.191 e.